The fraction of sp³-hybridized carbons (Fsp3) is 0.292. The van der Waals surface area contributed by atoms with Crippen LogP contribution in [0.4, 0.5) is 11.4 Å². The molecule has 2 aromatic rings. The maximum atomic E-state index is 3.21. The van der Waals surface area contributed by atoms with Crippen LogP contribution in [0.5, 0.6) is 0 Å². The van der Waals surface area contributed by atoms with E-state index in [0.717, 1.165) is 5.69 Å². The van der Waals surface area contributed by atoms with Gasteiger partial charge < -0.3 is 10.2 Å². The van der Waals surface area contributed by atoms with Gasteiger partial charge >= 0.3 is 0 Å². The number of nitrogens with one attached hydrogen (secondary N) is 1. The summed E-state index contributed by atoms with van der Waals surface area (Å²) in [6.07, 6.45) is 9.11. The van der Waals surface area contributed by atoms with Crippen LogP contribution in [0.1, 0.15) is 17.0 Å². The second-order valence-electron chi connectivity index (χ2n) is 7.45. The fourth-order valence-electron chi connectivity index (χ4n) is 3.53. The Kier molecular flexibility index (Phi) is 5.80. The Morgan fingerprint density at radius 1 is 0.852 bits per heavy atom. The number of benzene rings is 2. The van der Waals surface area contributed by atoms with Crippen molar-refractivity contribution in [2.75, 3.05) is 45.5 Å². The summed E-state index contributed by atoms with van der Waals surface area (Å²) in [6, 6.07) is 17.7. The van der Waals surface area contributed by atoms with Crippen molar-refractivity contribution in [3.8, 4) is 0 Å². The van der Waals surface area contributed by atoms with Crippen LogP contribution in [-0.4, -0.2) is 45.5 Å². The highest BCUT2D eigenvalue weighted by atomic mass is 15.1. The molecule has 2 aromatic carbocycles. The van der Waals surface area contributed by atoms with Gasteiger partial charge in [0.05, 0.1) is 0 Å². The minimum atomic E-state index is 0.295. The molecular weight excluding hydrogens is 330 g/mol. The van der Waals surface area contributed by atoms with Crippen LogP contribution in [0.2, 0.25) is 0 Å². The molecule has 1 atom stereocenters. The summed E-state index contributed by atoms with van der Waals surface area (Å²) in [5, 5.41) is 3.21. The molecule has 0 saturated heterocycles. The van der Waals surface area contributed by atoms with Gasteiger partial charge in [-0.3, -0.25) is 0 Å². The normalized spacial score (nSPS) is 16.9. The van der Waals surface area contributed by atoms with E-state index in [4.69, 9.17) is 0 Å². The molecule has 3 rings (SSSR count). The van der Waals surface area contributed by atoms with Crippen molar-refractivity contribution in [1.82, 2.24) is 0 Å². The van der Waals surface area contributed by atoms with Gasteiger partial charge in [0.1, 0.15) is 14.1 Å². The van der Waals surface area contributed by atoms with E-state index < -0.39 is 0 Å². The summed E-state index contributed by atoms with van der Waals surface area (Å²) >= 11 is 0. The zero-order chi connectivity index (χ0) is 19.4. The maximum Gasteiger partial charge on any atom is 0.198 e. The monoisotopic (exact) mass is 360 g/mol. The standard InChI is InChI=1S/C24H30N3/c1-25-21-12-6-18(7-13-21)24(19-8-14-22(15-9-19)26(2)3)20-10-16-23(17-11-20)27(4)5/h6-17,19,24-25H,1-5H3/q+1. The van der Waals surface area contributed by atoms with E-state index in [1.165, 1.54) is 22.5 Å². The van der Waals surface area contributed by atoms with Crippen LogP contribution in [0, 0.1) is 5.92 Å². The molecular formula is C24H30N3+. The van der Waals surface area contributed by atoms with Gasteiger partial charge in [-0.05, 0) is 35.4 Å². The molecule has 0 fully saturated rings. The van der Waals surface area contributed by atoms with Gasteiger partial charge in [-0.25, -0.2) is 4.58 Å². The van der Waals surface area contributed by atoms with Crippen molar-refractivity contribution in [1.29, 1.82) is 0 Å². The summed E-state index contributed by atoms with van der Waals surface area (Å²) < 4.78 is 2.14. The van der Waals surface area contributed by atoms with Crippen molar-refractivity contribution in [2.45, 2.75) is 5.92 Å². The summed E-state index contributed by atoms with van der Waals surface area (Å²) in [7, 11) is 10.3. The third-order valence-electron chi connectivity index (χ3n) is 5.21. The molecule has 0 aliphatic heterocycles. The Morgan fingerprint density at radius 2 is 1.37 bits per heavy atom. The molecule has 0 heterocycles. The summed E-state index contributed by atoms with van der Waals surface area (Å²) in [4.78, 5) is 2.14. The molecule has 3 heteroatoms. The van der Waals surface area contributed by atoms with Crippen LogP contribution in [-0.2, 0) is 0 Å². The largest absolute Gasteiger partial charge is 0.388 e. The first-order chi connectivity index (χ1) is 13.0. The predicted molar refractivity (Wildman–Crippen MR) is 117 cm³/mol. The third kappa shape index (κ3) is 4.30. The van der Waals surface area contributed by atoms with Gasteiger partial charge in [0.15, 0.2) is 5.71 Å². The van der Waals surface area contributed by atoms with Gasteiger partial charge in [-0.15, -0.1) is 0 Å². The van der Waals surface area contributed by atoms with E-state index in [-0.39, 0.29) is 0 Å². The fourth-order valence-corrected chi connectivity index (χ4v) is 3.53. The van der Waals surface area contributed by atoms with Crippen LogP contribution in [0.15, 0.2) is 72.8 Å². The van der Waals surface area contributed by atoms with Crippen LogP contribution >= 0.6 is 0 Å². The van der Waals surface area contributed by atoms with Gasteiger partial charge in [0, 0.05) is 56.5 Å². The Balaban J connectivity index is 2.00. The number of allylic oxidation sites excluding steroid dienone is 4. The van der Waals surface area contributed by atoms with Crippen LogP contribution in [0.3, 0.4) is 0 Å². The van der Waals surface area contributed by atoms with Gasteiger partial charge in [0.2, 0.25) is 0 Å². The highest BCUT2D eigenvalue weighted by Gasteiger charge is 2.24. The number of anilines is 2. The summed E-state index contributed by atoms with van der Waals surface area (Å²) in [5.41, 5.74) is 6.27. The first-order valence-electron chi connectivity index (χ1n) is 9.45. The number of nitrogens with zero attached hydrogens (tertiary/aromatic N) is 2. The zero-order valence-electron chi connectivity index (χ0n) is 17.0. The molecule has 0 aromatic heterocycles. The van der Waals surface area contributed by atoms with Crippen molar-refractivity contribution in [3.63, 3.8) is 0 Å². The molecule has 0 amide bonds. The Bertz CT molecular complexity index is 836. The molecule has 1 aliphatic rings. The molecule has 27 heavy (non-hydrogen) atoms. The third-order valence-corrected chi connectivity index (χ3v) is 5.21. The molecule has 140 valence electrons. The van der Waals surface area contributed by atoms with Gasteiger partial charge in [0.25, 0.3) is 0 Å². The SMILES string of the molecule is CNc1ccc(C(c2ccc(N(C)C)cc2)C2C=CC(=[N+](C)C)C=C2)cc1. The average molecular weight is 361 g/mol. The molecule has 3 nitrogen and oxygen atoms in total. The Hall–Kier alpha value is -2.81. The number of hydrogen-bond acceptors (Lipinski definition) is 2. The van der Waals surface area contributed by atoms with Gasteiger partial charge in [-0.2, -0.15) is 0 Å². The molecule has 1 unspecified atom stereocenters. The molecule has 0 spiro atoms. The first kappa shape index (κ1) is 19.0. The van der Waals surface area contributed by atoms with Crippen molar-refractivity contribution >= 4 is 17.1 Å². The van der Waals surface area contributed by atoms with E-state index in [1.807, 2.05) is 7.05 Å². The quantitative estimate of drug-likeness (QED) is 0.798. The lowest BCUT2D eigenvalue weighted by molar-refractivity contribution is -0.462. The lowest BCUT2D eigenvalue weighted by atomic mass is 9.78. The lowest BCUT2D eigenvalue weighted by Gasteiger charge is -2.26. The van der Waals surface area contributed by atoms with Gasteiger partial charge in [-0.1, -0.05) is 36.4 Å². The second kappa shape index (κ2) is 8.26. The molecule has 0 bridgehead atoms. The lowest BCUT2D eigenvalue weighted by Crippen LogP contribution is -2.17. The van der Waals surface area contributed by atoms with E-state index in [0.29, 0.717) is 11.8 Å². The average Bonchev–Trinajstić information content (AvgIpc) is 2.69. The Labute approximate surface area is 163 Å². The minimum Gasteiger partial charge on any atom is -0.388 e. The number of rotatable bonds is 5. The smallest absolute Gasteiger partial charge is 0.198 e. The summed E-state index contributed by atoms with van der Waals surface area (Å²) in [6.45, 7) is 0. The van der Waals surface area contributed by atoms with E-state index in [9.17, 15) is 0 Å². The van der Waals surface area contributed by atoms with Crippen LogP contribution < -0.4 is 10.2 Å². The number of hydrogen-bond donors (Lipinski definition) is 1. The molecule has 1 aliphatic carbocycles. The minimum absolute atomic E-state index is 0.295. The predicted octanol–water partition coefficient (Wildman–Crippen LogP) is 4.38. The first-order valence-corrected chi connectivity index (χ1v) is 9.45. The van der Waals surface area contributed by atoms with Crippen LogP contribution in [0.25, 0.3) is 0 Å². The van der Waals surface area contributed by atoms with E-state index >= 15 is 0 Å². The molecule has 0 saturated carbocycles. The van der Waals surface area contributed by atoms with Crippen molar-refractivity contribution in [3.05, 3.63) is 84.0 Å². The van der Waals surface area contributed by atoms with E-state index in [1.54, 1.807) is 0 Å². The topological polar surface area (TPSA) is 18.3 Å². The zero-order valence-corrected chi connectivity index (χ0v) is 17.0. The highest BCUT2D eigenvalue weighted by molar-refractivity contribution is 6.01. The summed E-state index contributed by atoms with van der Waals surface area (Å²) in [5.74, 6) is 0.627. The van der Waals surface area contributed by atoms with Crippen molar-refractivity contribution in [2.24, 2.45) is 5.92 Å². The van der Waals surface area contributed by atoms with E-state index in [2.05, 4.69) is 116 Å². The molecule has 0 radical (unpaired) electrons. The van der Waals surface area contributed by atoms with Crippen molar-refractivity contribution < 1.29 is 4.58 Å². The highest BCUT2D eigenvalue weighted by Crippen LogP contribution is 2.36. The Morgan fingerprint density at radius 3 is 1.81 bits per heavy atom. The second-order valence-corrected chi connectivity index (χ2v) is 7.45. The maximum absolute atomic E-state index is 3.21. The molecule has 1 N–H and O–H groups in total.